The molecule has 1 aromatic carbocycles. The van der Waals surface area contributed by atoms with Crippen LogP contribution in [0.5, 0.6) is 0 Å². The van der Waals surface area contributed by atoms with Crippen LogP contribution in [0.1, 0.15) is 35.1 Å². The molecular formula is C19H25N5O4S. The third kappa shape index (κ3) is 3.14. The average Bonchev–Trinajstić information content (AvgIpc) is 3.43. The first-order valence-corrected chi connectivity index (χ1v) is 11.7. The van der Waals surface area contributed by atoms with Crippen LogP contribution < -0.4 is 10.5 Å². The van der Waals surface area contributed by atoms with E-state index in [0.717, 1.165) is 44.2 Å². The Morgan fingerprint density at radius 1 is 1.31 bits per heavy atom. The summed E-state index contributed by atoms with van der Waals surface area (Å²) in [6.45, 7) is 0.132. The highest BCUT2D eigenvalue weighted by Crippen LogP contribution is 2.38. The molecule has 0 bridgehead atoms. The van der Waals surface area contributed by atoms with E-state index < -0.39 is 27.4 Å². The van der Waals surface area contributed by atoms with Gasteiger partial charge in [0.2, 0.25) is 0 Å². The summed E-state index contributed by atoms with van der Waals surface area (Å²) in [7, 11) is -3.43. The maximum atomic E-state index is 13.1. The van der Waals surface area contributed by atoms with Crippen LogP contribution in [0.3, 0.4) is 0 Å². The molecule has 2 heterocycles. The van der Waals surface area contributed by atoms with E-state index in [2.05, 4.69) is 20.8 Å². The number of aliphatic hydroxyl groups excluding tert-OH is 1. The van der Waals surface area contributed by atoms with E-state index in [0.29, 0.717) is 0 Å². The van der Waals surface area contributed by atoms with E-state index in [-0.39, 0.29) is 19.3 Å². The molecular weight excluding hydrogens is 394 g/mol. The van der Waals surface area contributed by atoms with Gasteiger partial charge in [-0.15, -0.1) is 4.36 Å². The van der Waals surface area contributed by atoms with Crippen molar-refractivity contribution in [2.45, 2.75) is 56.0 Å². The molecule has 1 fully saturated rings. The number of benzene rings is 1. The van der Waals surface area contributed by atoms with Crippen molar-refractivity contribution in [1.29, 1.82) is 0 Å². The van der Waals surface area contributed by atoms with Gasteiger partial charge < -0.3 is 15.2 Å². The van der Waals surface area contributed by atoms with Crippen molar-refractivity contribution in [3.63, 3.8) is 0 Å². The molecule has 2 amide bonds. The number of nitrogens with two attached hydrogens (primary N) is 1. The minimum Gasteiger partial charge on any atom is -0.394 e. The van der Waals surface area contributed by atoms with Crippen molar-refractivity contribution in [2.75, 3.05) is 18.5 Å². The van der Waals surface area contributed by atoms with Crippen molar-refractivity contribution in [1.82, 2.24) is 5.01 Å². The summed E-state index contributed by atoms with van der Waals surface area (Å²) >= 11 is 0. The highest BCUT2D eigenvalue weighted by atomic mass is 32.2. The van der Waals surface area contributed by atoms with Crippen molar-refractivity contribution in [2.24, 2.45) is 14.6 Å². The van der Waals surface area contributed by atoms with Gasteiger partial charge >= 0.3 is 6.03 Å². The van der Waals surface area contributed by atoms with Gasteiger partial charge in [0.15, 0.2) is 6.23 Å². The Bertz CT molecular complexity index is 984. The topological polar surface area (TPSA) is 130 Å². The molecule has 5 rings (SSSR count). The maximum Gasteiger partial charge on any atom is 0.354 e. The zero-order valence-corrected chi connectivity index (χ0v) is 16.9. The molecule has 9 nitrogen and oxygen atoms in total. The maximum absolute atomic E-state index is 13.1. The Balaban J connectivity index is 1.41. The molecule has 0 saturated carbocycles. The van der Waals surface area contributed by atoms with E-state index >= 15 is 0 Å². The second-order valence-electron chi connectivity index (χ2n) is 8.04. The Morgan fingerprint density at radius 2 is 2.00 bits per heavy atom. The molecule has 1 aromatic rings. The number of amides is 2. The lowest BCUT2D eigenvalue weighted by Gasteiger charge is -2.21. The Morgan fingerprint density at radius 3 is 2.66 bits per heavy atom. The van der Waals surface area contributed by atoms with Gasteiger partial charge in [0.05, 0.1) is 19.3 Å². The fourth-order valence-electron chi connectivity index (χ4n) is 4.87. The van der Waals surface area contributed by atoms with Crippen LogP contribution in [-0.2, 0) is 40.3 Å². The number of nitrogens with zero attached hydrogens (tertiary/aromatic N) is 3. The predicted octanol–water partition coefficient (Wildman–Crippen LogP) is 0.925. The molecule has 0 radical (unpaired) electrons. The van der Waals surface area contributed by atoms with Crippen LogP contribution in [0.2, 0.25) is 0 Å². The fourth-order valence-corrected chi connectivity index (χ4v) is 6.06. The lowest BCUT2D eigenvalue weighted by Crippen LogP contribution is -2.43. The summed E-state index contributed by atoms with van der Waals surface area (Å²) in [5.74, 6) is 0. The largest absolute Gasteiger partial charge is 0.394 e. The average molecular weight is 420 g/mol. The number of rotatable bonds is 3. The molecule has 0 spiro atoms. The summed E-state index contributed by atoms with van der Waals surface area (Å²) in [4.78, 5) is 12.7. The molecule has 2 aliphatic heterocycles. The van der Waals surface area contributed by atoms with Gasteiger partial charge in [-0.1, -0.05) is 6.07 Å². The molecule has 1 saturated heterocycles. The number of urea groups is 1. The lowest BCUT2D eigenvalue weighted by atomic mass is 9.99. The number of aryl methyl sites for hydroxylation is 2. The van der Waals surface area contributed by atoms with Crippen LogP contribution >= 0.6 is 0 Å². The predicted molar refractivity (Wildman–Crippen MR) is 109 cm³/mol. The number of hydrogen-bond acceptors (Lipinski definition) is 6. The van der Waals surface area contributed by atoms with Crippen molar-refractivity contribution in [3.8, 4) is 0 Å². The van der Waals surface area contributed by atoms with Gasteiger partial charge in [-0.25, -0.2) is 14.1 Å². The van der Waals surface area contributed by atoms with Gasteiger partial charge in [0.25, 0.3) is 0 Å². The van der Waals surface area contributed by atoms with Crippen LogP contribution in [-0.4, -0.2) is 57.3 Å². The fraction of sp³-hybridized carbons (Fsp3) is 0.579. The Kier molecular flexibility index (Phi) is 4.61. The number of carbonyl (C=O) groups excluding carboxylic acids is 1. The lowest BCUT2D eigenvalue weighted by molar-refractivity contribution is 0.0507. The summed E-state index contributed by atoms with van der Waals surface area (Å²) < 4.78 is 22.5. The molecule has 4 aliphatic rings. The molecule has 2 aliphatic carbocycles. The Labute approximate surface area is 169 Å². The second kappa shape index (κ2) is 7.05. The molecule has 10 heteroatoms. The monoisotopic (exact) mass is 419 g/mol. The number of nitrogens with one attached hydrogen (secondary N) is 1. The summed E-state index contributed by atoms with van der Waals surface area (Å²) in [5, 5.41) is 23.1. The zero-order chi connectivity index (χ0) is 20.2. The van der Waals surface area contributed by atoms with E-state index in [9.17, 15) is 14.1 Å². The van der Waals surface area contributed by atoms with Crippen molar-refractivity contribution >= 4 is 27.8 Å². The standard InChI is InChI=1S/C19H25N5O4S/c20-29(27,16-8-21-24-13(9-25)10-28-18(16)24)23-19(26)22-17-14-5-1-3-11(14)7-12-4-2-6-15(12)17/h7-8,13,16,18,25H,1-6,9-10H2,(H3,20,22,23,26,27)/t13-,16?,18?,29?/m1/s1. The van der Waals surface area contributed by atoms with Crippen LogP contribution in [0.15, 0.2) is 15.5 Å². The van der Waals surface area contributed by atoms with Crippen molar-refractivity contribution < 1.29 is 18.8 Å². The van der Waals surface area contributed by atoms with Crippen LogP contribution in [0, 0.1) is 0 Å². The number of aliphatic hydroxyl groups is 1. The quantitative estimate of drug-likeness (QED) is 0.671. The van der Waals surface area contributed by atoms with Gasteiger partial charge in [-0.05, 0) is 60.8 Å². The SMILES string of the molecule is NS(=O)(=NC(=O)Nc1c2c(cc3c1CCC3)CCC2)C1C=NN2C1OC[C@H]2CO. The molecule has 3 unspecified atom stereocenters. The van der Waals surface area contributed by atoms with Gasteiger partial charge in [-0.2, -0.15) is 5.10 Å². The number of hydrogen-bond donors (Lipinski definition) is 3. The highest BCUT2D eigenvalue weighted by molar-refractivity contribution is 7.93. The first-order valence-electron chi connectivity index (χ1n) is 10.0. The van der Waals surface area contributed by atoms with Gasteiger partial charge in [-0.3, -0.25) is 5.01 Å². The highest BCUT2D eigenvalue weighted by Gasteiger charge is 2.45. The number of ether oxygens (including phenoxy) is 1. The number of fused-ring (bicyclic) bond motifs is 3. The van der Waals surface area contributed by atoms with E-state index in [1.54, 1.807) is 5.01 Å². The van der Waals surface area contributed by atoms with E-state index in [1.807, 2.05) is 0 Å². The normalized spacial score (nSPS) is 28.8. The van der Waals surface area contributed by atoms with E-state index in [1.165, 1.54) is 28.5 Å². The zero-order valence-electron chi connectivity index (χ0n) is 16.0. The van der Waals surface area contributed by atoms with Crippen LogP contribution in [0.4, 0.5) is 10.5 Å². The first kappa shape index (κ1) is 19.0. The minimum atomic E-state index is -3.43. The summed E-state index contributed by atoms with van der Waals surface area (Å²) in [6, 6.07) is 1.28. The third-order valence-corrected chi connectivity index (χ3v) is 7.84. The minimum absolute atomic E-state index is 0.131. The number of carbonyl (C=O) groups is 1. The Hall–Kier alpha value is -2.01. The molecule has 4 N–H and O–H groups in total. The summed E-state index contributed by atoms with van der Waals surface area (Å²) in [5.41, 5.74) is 5.79. The first-order chi connectivity index (χ1) is 14.0. The molecule has 156 valence electrons. The molecule has 29 heavy (non-hydrogen) atoms. The van der Waals surface area contributed by atoms with Gasteiger partial charge in [0.1, 0.15) is 15.2 Å². The van der Waals surface area contributed by atoms with E-state index in [4.69, 9.17) is 9.88 Å². The number of hydrazone groups is 1. The van der Waals surface area contributed by atoms with Gasteiger partial charge in [0, 0.05) is 11.9 Å². The smallest absolute Gasteiger partial charge is 0.354 e. The van der Waals surface area contributed by atoms with Crippen LogP contribution in [0.25, 0.3) is 0 Å². The number of anilines is 1. The third-order valence-electron chi connectivity index (χ3n) is 6.25. The second-order valence-corrected chi connectivity index (χ2v) is 9.99. The molecule has 0 aromatic heterocycles. The molecule has 4 atom stereocenters. The summed E-state index contributed by atoms with van der Waals surface area (Å²) in [6.07, 6.45) is 6.79. The van der Waals surface area contributed by atoms with Crippen molar-refractivity contribution in [3.05, 3.63) is 28.3 Å².